The summed E-state index contributed by atoms with van der Waals surface area (Å²) in [5.74, 6) is 0.0386. The highest BCUT2D eigenvalue weighted by Crippen LogP contribution is 2.15. The quantitative estimate of drug-likeness (QED) is 0.737. The second kappa shape index (κ2) is 10.4. The fourth-order valence-corrected chi connectivity index (χ4v) is 3.94. The van der Waals surface area contributed by atoms with Crippen LogP contribution in [0.15, 0.2) is 48.5 Å². The van der Waals surface area contributed by atoms with Gasteiger partial charge in [0.25, 0.3) is 5.91 Å². The van der Waals surface area contributed by atoms with Crippen molar-refractivity contribution in [1.82, 2.24) is 15.5 Å². The van der Waals surface area contributed by atoms with Crippen LogP contribution in [0.4, 0.5) is 0 Å². The van der Waals surface area contributed by atoms with E-state index in [1.807, 2.05) is 38.1 Å². The van der Waals surface area contributed by atoms with Gasteiger partial charge >= 0.3 is 0 Å². The van der Waals surface area contributed by atoms with Crippen molar-refractivity contribution >= 4 is 11.8 Å². The van der Waals surface area contributed by atoms with E-state index < -0.39 is 0 Å². The molecule has 0 saturated carbocycles. The number of hydrogen-bond donors (Lipinski definition) is 2. The third kappa shape index (κ3) is 5.92. The van der Waals surface area contributed by atoms with Crippen molar-refractivity contribution < 1.29 is 9.59 Å². The van der Waals surface area contributed by atoms with Gasteiger partial charge in [-0.05, 0) is 55.9 Å². The number of nitrogens with zero attached hydrogens (tertiary/aromatic N) is 1. The second-order valence-corrected chi connectivity index (χ2v) is 8.22. The monoisotopic (exact) mass is 407 g/mol. The number of nitrogens with one attached hydrogen (secondary N) is 2. The molecular weight excluding hydrogens is 374 g/mol. The normalized spacial score (nSPS) is 16.1. The van der Waals surface area contributed by atoms with Crippen LogP contribution in [0.3, 0.4) is 0 Å². The number of benzene rings is 2. The fraction of sp³-hybridized carbons (Fsp3) is 0.440. The van der Waals surface area contributed by atoms with Gasteiger partial charge in [-0.25, -0.2) is 0 Å². The highest BCUT2D eigenvalue weighted by molar-refractivity contribution is 5.95. The summed E-state index contributed by atoms with van der Waals surface area (Å²) in [5, 5.41) is 6.25. The van der Waals surface area contributed by atoms with Crippen molar-refractivity contribution in [2.24, 2.45) is 0 Å². The van der Waals surface area contributed by atoms with E-state index >= 15 is 0 Å². The van der Waals surface area contributed by atoms with Gasteiger partial charge in [0.15, 0.2) is 0 Å². The van der Waals surface area contributed by atoms with Crippen LogP contribution in [0.1, 0.15) is 59.8 Å². The molecule has 1 heterocycles. The van der Waals surface area contributed by atoms with Gasteiger partial charge in [-0.3, -0.25) is 14.5 Å². The Morgan fingerprint density at radius 1 is 1.07 bits per heavy atom. The SMILES string of the molecule is CCc1ccc(C(C)NC(=O)CN2CCC(NC(=O)c3ccccc3C)CC2)cc1. The molecule has 5 heteroatoms. The zero-order valence-corrected chi connectivity index (χ0v) is 18.3. The molecule has 0 bridgehead atoms. The van der Waals surface area contributed by atoms with Gasteiger partial charge < -0.3 is 10.6 Å². The number of carbonyl (C=O) groups is 2. The minimum Gasteiger partial charge on any atom is -0.349 e. The van der Waals surface area contributed by atoms with Crippen molar-refractivity contribution in [2.45, 2.75) is 52.1 Å². The summed E-state index contributed by atoms with van der Waals surface area (Å²) in [6, 6.07) is 16.2. The standard InChI is InChI=1S/C25H33N3O2/c1-4-20-9-11-21(12-10-20)19(3)26-24(29)17-28-15-13-22(14-16-28)27-25(30)23-8-6-5-7-18(23)2/h5-12,19,22H,4,13-17H2,1-3H3,(H,26,29)(H,27,30). The van der Waals surface area contributed by atoms with Gasteiger partial charge in [0, 0.05) is 24.7 Å². The number of amides is 2. The number of aryl methyl sites for hydroxylation is 2. The topological polar surface area (TPSA) is 61.4 Å². The molecule has 2 amide bonds. The third-order valence-electron chi connectivity index (χ3n) is 5.95. The molecule has 1 aliphatic rings. The molecule has 1 atom stereocenters. The summed E-state index contributed by atoms with van der Waals surface area (Å²) in [5.41, 5.74) is 4.15. The van der Waals surface area contributed by atoms with E-state index in [4.69, 9.17) is 0 Å². The van der Waals surface area contributed by atoms with Crippen LogP contribution >= 0.6 is 0 Å². The van der Waals surface area contributed by atoms with E-state index in [0.29, 0.717) is 6.54 Å². The Bertz CT molecular complexity index is 855. The van der Waals surface area contributed by atoms with E-state index in [2.05, 4.69) is 46.7 Å². The van der Waals surface area contributed by atoms with Crippen molar-refractivity contribution in [2.75, 3.05) is 19.6 Å². The van der Waals surface area contributed by atoms with Crippen LogP contribution in [0, 0.1) is 6.92 Å². The highest BCUT2D eigenvalue weighted by Gasteiger charge is 2.23. The molecule has 0 spiro atoms. The molecule has 30 heavy (non-hydrogen) atoms. The zero-order chi connectivity index (χ0) is 21.5. The van der Waals surface area contributed by atoms with Crippen molar-refractivity contribution in [3.8, 4) is 0 Å². The van der Waals surface area contributed by atoms with Crippen LogP contribution in [-0.2, 0) is 11.2 Å². The number of piperidine rings is 1. The zero-order valence-electron chi connectivity index (χ0n) is 18.3. The number of hydrogen-bond acceptors (Lipinski definition) is 3. The van der Waals surface area contributed by atoms with E-state index in [-0.39, 0.29) is 23.9 Å². The molecule has 1 fully saturated rings. The molecule has 1 aliphatic heterocycles. The van der Waals surface area contributed by atoms with Gasteiger partial charge in [-0.15, -0.1) is 0 Å². The van der Waals surface area contributed by atoms with Crippen LogP contribution in [0.25, 0.3) is 0 Å². The molecule has 5 nitrogen and oxygen atoms in total. The van der Waals surface area contributed by atoms with Gasteiger partial charge in [0.05, 0.1) is 12.6 Å². The van der Waals surface area contributed by atoms with Crippen molar-refractivity contribution in [1.29, 1.82) is 0 Å². The molecule has 0 aliphatic carbocycles. The van der Waals surface area contributed by atoms with E-state index in [9.17, 15) is 9.59 Å². The first-order valence-corrected chi connectivity index (χ1v) is 10.9. The average Bonchev–Trinajstić information content (AvgIpc) is 2.75. The molecule has 2 aromatic carbocycles. The van der Waals surface area contributed by atoms with Crippen molar-refractivity contribution in [3.05, 3.63) is 70.8 Å². The van der Waals surface area contributed by atoms with E-state index in [1.165, 1.54) is 5.56 Å². The van der Waals surface area contributed by atoms with Crippen LogP contribution < -0.4 is 10.6 Å². The predicted octanol–water partition coefficient (Wildman–Crippen LogP) is 3.63. The summed E-state index contributed by atoms with van der Waals surface area (Å²) >= 11 is 0. The lowest BCUT2D eigenvalue weighted by atomic mass is 10.0. The first-order chi connectivity index (χ1) is 14.5. The Labute approximate surface area is 179 Å². The maximum atomic E-state index is 12.5. The van der Waals surface area contributed by atoms with E-state index in [1.54, 1.807) is 0 Å². The number of likely N-dealkylation sites (tertiary alicyclic amines) is 1. The lowest BCUT2D eigenvalue weighted by molar-refractivity contribution is -0.123. The largest absolute Gasteiger partial charge is 0.349 e. The maximum absolute atomic E-state index is 12.5. The third-order valence-corrected chi connectivity index (χ3v) is 5.95. The Morgan fingerprint density at radius 3 is 2.37 bits per heavy atom. The predicted molar refractivity (Wildman–Crippen MR) is 120 cm³/mol. The number of rotatable bonds is 7. The molecule has 3 rings (SSSR count). The van der Waals surface area contributed by atoms with Gasteiger partial charge in [0.2, 0.25) is 5.91 Å². The molecule has 160 valence electrons. The molecule has 1 unspecified atom stereocenters. The summed E-state index contributed by atoms with van der Waals surface area (Å²) in [7, 11) is 0. The summed E-state index contributed by atoms with van der Waals surface area (Å²) in [4.78, 5) is 27.1. The lowest BCUT2D eigenvalue weighted by Gasteiger charge is -2.32. The van der Waals surface area contributed by atoms with Gasteiger partial charge in [-0.2, -0.15) is 0 Å². The lowest BCUT2D eigenvalue weighted by Crippen LogP contribution is -2.47. The molecule has 2 N–H and O–H groups in total. The fourth-order valence-electron chi connectivity index (χ4n) is 3.94. The van der Waals surface area contributed by atoms with Gasteiger partial charge in [0.1, 0.15) is 0 Å². The Hall–Kier alpha value is -2.66. The number of carbonyl (C=O) groups excluding carboxylic acids is 2. The van der Waals surface area contributed by atoms with E-state index in [0.717, 1.165) is 49.0 Å². The smallest absolute Gasteiger partial charge is 0.251 e. The summed E-state index contributed by atoms with van der Waals surface area (Å²) < 4.78 is 0. The molecule has 0 aromatic heterocycles. The van der Waals surface area contributed by atoms with Crippen LogP contribution in [-0.4, -0.2) is 42.4 Å². The second-order valence-electron chi connectivity index (χ2n) is 8.22. The molecular formula is C25H33N3O2. The Kier molecular flexibility index (Phi) is 7.63. The minimum absolute atomic E-state index is 0.00524. The summed E-state index contributed by atoms with van der Waals surface area (Å²) in [6.07, 6.45) is 2.74. The maximum Gasteiger partial charge on any atom is 0.251 e. The van der Waals surface area contributed by atoms with Crippen LogP contribution in [0.2, 0.25) is 0 Å². The minimum atomic E-state index is -0.00721. The highest BCUT2D eigenvalue weighted by atomic mass is 16.2. The Morgan fingerprint density at radius 2 is 1.73 bits per heavy atom. The summed E-state index contributed by atoms with van der Waals surface area (Å²) in [6.45, 7) is 8.13. The molecule has 1 saturated heterocycles. The first-order valence-electron chi connectivity index (χ1n) is 10.9. The van der Waals surface area contributed by atoms with Crippen molar-refractivity contribution in [3.63, 3.8) is 0 Å². The average molecular weight is 408 g/mol. The molecule has 0 radical (unpaired) electrons. The molecule has 2 aromatic rings. The Balaban J connectivity index is 1.42. The van der Waals surface area contributed by atoms with Gasteiger partial charge in [-0.1, -0.05) is 49.4 Å². The first kappa shape index (κ1) is 22.0. The van der Waals surface area contributed by atoms with Crippen LogP contribution in [0.5, 0.6) is 0 Å².